The molecule has 1 aliphatic carbocycles. The summed E-state index contributed by atoms with van der Waals surface area (Å²) in [6, 6.07) is 0. The highest BCUT2D eigenvalue weighted by Gasteiger charge is 2.57. The van der Waals surface area contributed by atoms with Crippen LogP contribution in [0.25, 0.3) is 0 Å². The predicted octanol–water partition coefficient (Wildman–Crippen LogP) is 1.37. The Morgan fingerprint density at radius 3 is 2.88 bits per heavy atom. The van der Waals surface area contributed by atoms with Gasteiger partial charge in [0.15, 0.2) is 0 Å². The number of aromatic carboxylic acids is 1. The van der Waals surface area contributed by atoms with E-state index in [4.69, 9.17) is 5.11 Å². The van der Waals surface area contributed by atoms with E-state index >= 15 is 0 Å². The summed E-state index contributed by atoms with van der Waals surface area (Å²) in [6.45, 7) is 0. The number of carboxylic acids is 1. The molecule has 1 aromatic rings. The van der Waals surface area contributed by atoms with Crippen molar-refractivity contribution in [3.8, 4) is 0 Å². The number of nitrogens with one attached hydrogen (secondary N) is 1. The molecule has 1 saturated carbocycles. The minimum Gasteiger partial charge on any atom is -0.477 e. The lowest BCUT2D eigenvalue weighted by molar-refractivity contribution is -0.118. The van der Waals surface area contributed by atoms with Crippen LogP contribution < -0.4 is 10.2 Å². The highest BCUT2D eigenvalue weighted by atomic mass is 32.1. The molecule has 1 spiro atoms. The zero-order valence-electron chi connectivity index (χ0n) is 8.61. The number of carbonyl (C=O) groups excluding carboxylic acids is 1. The summed E-state index contributed by atoms with van der Waals surface area (Å²) in [7, 11) is 1.80. The summed E-state index contributed by atoms with van der Waals surface area (Å²) in [5, 5.41) is 13.5. The molecule has 5 nitrogen and oxygen atoms in total. The monoisotopic (exact) mass is 238 g/mol. The molecule has 1 amide bonds. The number of likely N-dealkylation sites (N-methyl/N-ethyl adjacent to an activating group) is 1. The fourth-order valence-electron chi connectivity index (χ4n) is 2.21. The third-order valence-corrected chi connectivity index (χ3v) is 4.29. The van der Waals surface area contributed by atoms with Crippen LogP contribution in [0.5, 0.6) is 0 Å². The number of nitrogens with zero attached hydrogens (tertiary/aromatic N) is 1. The normalized spacial score (nSPS) is 20.6. The first-order chi connectivity index (χ1) is 7.56. The lowest BCUT2D eigenvalue weighted by Gasteiger charge is -2.34. The molecule has 2 heterocycles. The number of anilines is 2. The highest BCUT2D eigenvalue weighted by molar-refractivity contribution is 7.13. The molecule has 0 saturated heterocycles. The Morgan fingerprint density at radius 2 is 2.31 bits per heavy atom. The number of fused-ring (bicyclic) bond motifs is 1. The molecule has 0 atom stereocenters. The van der Waals surface area contributed by atoms with Crippen LogP contribution in [0.2, 0.25) is 0 Å². The molecular formula is C10H10N2O3S. The second-order valence-corrected chi connectivity index (χ2v) is 5.06. The van der Waals surface area contributed by atoms with Gasteiger partial charge in [-0.05, 0) is 12.8 Å². The average molecular weight is 238 g/mol. The molecule has 84 valence electrons. The second kappa shape index (κ2) is 2.76. The van der Waals surface area contributed by atoms with Crippen molar-refractivity contribution >= 4 is 34.6 Å². The zero-order valence-corrected chi connectivity index (χ0v) is 9.43. The molecule has 1 aromatic heterocycles. The summed E-state index contributed by atoms with van der Waals surface area (Å²) >= 11 is 1.15. The van der Waals surface area contributed by atoms with Gasteiger partial charge < -0.3 is 15.3 Å². The molecule has 16 heavy (non-hydrogen) atoms. The Bertz CT molecular complexity index is 504. The van der Waals surface area contributed by atoms with Crippen molar-refractivity contribution in [3.05, 3.63) is 10.3 Å². The van der Waals surface area contributed by atoms with E-state index in [9.17, 15) is 9.59 Å². The molecule has 0 aromatic carbocycles. The van der Waals surface area contributed by atoms with Crippen LogP contribution in [-0.4, -0.2) is 29.6 Å². The maximum Gasteiger partial charge on any atom is 0.348 e. The molecule has 1 fully saturated rings. The van der Waals surface area contributed by atoms with E-state index in [-0.39, 0.29) is 5.91 Å². The zero-order chi connectivity index (χ0) is 11.5. The molecule has 2 aliphatic rings. The Morgan fingerprint density at radius 1 is 1.62 bits per heavy atom. The molecular weight excluding hydrogens is 228 g/mol. The van der Waals surface area contributed by atoms with Gasteiger partial charge in [0, 0.05) is 12.4 Å². The fraction of sp³-hybridized carbons (Fsp3) is 0.400. The van der Waals surface area contributed by atoms with E-state index in [1.807, 2.05) is 4.90 Å². The summed E-state index contributed by atoms with van der Waals surface area (Å²) in [4.78, 5) is 25.0. The third kappa shape index (κ3) is 0.996. The number of carbonyl (C=O) groups is 2. The van der Waals surface area contributed by atoms with Gasteiger partial charge in [-0.15, -0.1) is 11.3 Å². The summed E-state index contributed by atoms with van der Waals surface area (Å²) < 4.78 is 0. The van der Waals surface area contributed by atoms with E-state index in [1.165, 1.54) is 0 Å². The number of hydrogen-bond donors (Lipinski definition) is 2. The predicted molar refractivity (Wildman–Crippen MR) is 60.3 cm³/mol. The van der Waals surface area contributed by atoms with Gasteiger partial charge in [0.1, 0.15) is 10.4 Å². The Labute approximate surface area is 95.7 Å². The first kappa shape index (κ1) is 9.65. The average Bonchev–Trinajstić information content (AvgIpc) is 2.91. The molecule has 2 N–H and O–H groups in total. The number of amides is 1. The maximum absolute atomic E-state index is 11.8. The van der Waals surface area contributed by atoms with E-state index in [1.54, 1.807) is 12.4 Å². The van der Waals surface area contributed by atoms with E-state index in [0.29, 0.717) is 16.3 Å². The maximum atomic E-state index is 11.8. The van der Waals surface area contributed by atoms with Crippen molar-refractivity contribution in [2.24, 2.45) is 0 Å². The van der Waals surface area contributed by atoms with Crippen LogP contribution in [0.15, 0.2) is 5.38 Å². The van der Waals surface area contributed by atoms with Crippen molar-refractivity contribution in [1.29, 1.82) is 0 Å². The number of carboxylic acid groups (broad SMARTS) is 1. The first-order valence-electron chi connectivity index (χ1n) is 4.96. The standard InChI is InChI=1S/C10H10N2O3S/c1-12-6-5(4-16-7(6)8(13)14)11-9(15)10(12)2-3-10/h4H,2-3H2,1H3,(H,11,15)(H,13,14). The van der Waals surface area contributed by atoms with Crippen LogP contribution in [-0.2, 0) is 4.79 Å². The Kier molecular flexibility index (Phi) is 1.67. The quantitative estimate of drug-likeness (QED) is 0.775. The molecule has 6 heteroatoms. The largest absolute Gasteiger partial charge is 0.477 e. The first-order valence-corrected chi connectivity index (χ1v) is 5.84. The summed E-state index contributed by atoms with van der Waals surface area (Å²) in [6.07, 6.45) is 1.59. The van der Waals surface area contributed by atoms with Gasteiger partial charge in [-0.2, -0.15) is 0 Å². The minimum absolute atomic E-state index is 0.0164. The molecule has 0 radical (unpaired) electrons. The Balaban J connectivity index is 2.16. The summed E-state index contributed by atoms with van der Waals surface area (Å²) in [5.41, 5.74) is 0.778. The van der Waals surface area contributed by atoms with Crippen molar-refractivity contribution < 1.29 is 14.7 Å². The van der Waals surface area contributed by atoms with Crippen molar-refractivity contribution in [2.75, 3.05) is 17.3 Å². The number of rotatable bonds is 1. The molecule has 3 rings (SSSR count). The number of thiophene rings is 1. The van der Waals surface area contributed by atoms with E-state index in [0.717, 1.165) is 24.2 Å². The van der Waals surface area contributed by atoms with Crippen molar-refractivity contribution in [3.63, 3.8) is 0 Å². The van der Waals surface area contributed by atoms with Crippen LogP contribution in [0.4, 0.5) is 11.4 Å². The number of hydrogen-bond acceptors (Lipinski definition) is 4. The fourth-order valence-corrected chi connectivity index (χ4v) is 3.08. The van der Waals surface area contributed by atoms with Crippen LogP contribution in [0.1, 0.15) is 22.5 Å². The van der Waals surface area contributed by atoms with Gasteiger partial charge in [0.05, 0.1) is 11.4 Å². The molecule has 1 aliphatic heterocycles. The van der Waals surface area contributed by atoms with Crippen LogP contribution >= 0.6 is 11.3 Å². The lowest BCUT2D eigenvalue weighted by Crippen LogP contribution is -2.48. The van der Waals surface area contributed by atoms with Gasteiger partial charge in [0.25, 0.3) is 0 Å². The Hall–Kier alpha value is -1.56. The lowest BCUT2D eigenvalue weighted by atomic mass is 10.1. The minimum atomic E-state index is -0.940. The topological polar surface area (TPSA) is 69.6 Å². The van der Waals surface area contributed by atoms with E-state index in [2.05, 4.69) is 5.32 Å². The van der Waals surface area contributed by atoms with Crippen LogP contribution in [0, 0.1) is 0 Å². The van der Waals surface area contributed by atoms with E-state index < -0.39 is 11.5 Å². The van der Waals surface area contributed by atoms with Gasteiger partial charge in [-0.1, -0.05) is 0 Å². The van der Waals surface area contributed by atoms with Gasteiger partial charge in [0.2, 0.25) is 5.91 Å². The van der Waals surface area contributed by atoms with Gasteiger partial charge >= 0.3 is 5.97 Å². The highest BCUT2D eigenvalue weighted by Crippen LogP contribution is 2.51. The molecule has 0 unspecified atom stereocenters. The summed E-state index contributed by atoms with van der Waals surface area (Å²) in [5.74, 6) is -0.956. The van der Waals surface area contributed by atoms with Crippen molar-refractivity contribution in [1.82, 2.24) is 0 Å². The van der Waals surface area contributed by atoms with Gasteiger partial charge in [-0.25, -0.2) is 4.79 Å². The second-order valence-electron chi connectivity index (χ2n) is 4.18. The van der Waals surface area contributed by atoms with Crippen LogP contribution in [0.3, 0.4) is 0 Å². The smallest absolute Gasteiger partial charge is 0.348 e. The SMILES string of the molecule is CN1c2c(csc2C(=O)O)NC(=O)C12CC2. The van der Waals surface area contributed by atoms with Gasteiger partial charge in [-0.3, -0.25) is 4.79 Å². The molecule has 0 bridgehead atoms. The third-order valence-electron chi connectivity index (χ3n) is 3.33. The van der Waals surface area contributed by atoms with Crippen molar-refractivity contribution in [2.45, 2.75) is 18.4 Å².